The van der Waals surface area contributed by atoms with Crippen LogP contribution in [0.25, 0.3) is 0 Å². The highest BCUT2D eigenvalue weighted by Crippen LogP contribution is 2.04. The van der Waals surface area contributed by atoms with Crippen LogP contribution in [0, 0.1) is 0 Å². The molecule has 0 amide bonds. The number of halogens is 1. The molecule has 17 heavy (non-hydrogen) atoms. The number of H-pyrrole nitrogens is 1. The van der Waals surface area contributed by atoms with Gasteiger partial charge in [-0.2, -0.15) is 5.10 Å². The van der Waals surface area contributed by atoms with Gasteiger partial charge >= 0.3 is 0 Å². The summed E-state index contributed by atoms with van der Waals surface area (Å²) in [5.74, 6) is 0. The monoisotopic (exact) mass is 260 g/mol. The predicted molar refractivity (Wildman–Crippen MR) is 69.4 cm³/mol. The van der Waals surface area contributed by atoms with E-state index in [2.05, 4.69) is 27.3 Å². The summed E-state index contributed by atoms with van der Waals surface area (Å²) in [5, 5.41) is 10.3. The van der Waals surface area contributed by atoms with Gasteiger partial charge in [-0.25, -0.2) is 0 Å². The Labute approximate surface area is 108 Å². The molecule has 1 fully saturated rings. The minimum Gasteiger partial charge on any atom is -0.379 e. The maximum atomic E-state index is 5.40. The molecule has 2 rings (SSSR count). The Hall–Kier alpha value is -0.620. The van der Waals surface area contributed by atoms with Crippen LogP contribution in [0.1, 0.15) is 12.6 Å². The summed E-state index contributed by atoms with van der Waals surface area (Å²) in [5.41, 5.74) is 1.13. The fourth-order valence-corrected chi connectivity index (χ4v) is 1.92. The lowest BCUT2D eigenvalue weighted by molar-refractivity contribution is 0.000397. The Kier molecular flexibility index (Phi) is 6.50. The molecule has 1 aromatic rings. The molecule has 98 valence electrons. The average molecular weight is 261 g/mol. The maximum Gasteiger partial charge on any atom is 0.0619 e. The molecule has 0 radical (unpaired) electrons. The van der Waals surface area contributed by atoms with Crippen molar-refractivity contribution in [3.63, 3.8) is 0 Å². The maximum absolute atomic E-state index is 5.40. The molecular formula is C11H21ClN4O. The Morgan fingerprint density at radius 1 is 1.65 bits per heavy atom. The van der Waals surface area contributed by atoms with Crippen molar-refractivity contribution in [3.05, 3.63) is 18.0 Å². The summed E-state index contributed by atoms with van der Waals surface area (Å²) in [6.07, 6.45) is 1.78. The van der Waals surface area contributed by atoms with Crippen LogP contribution in [-0.4, -0.2) is 54.0 Å². The summed E-state index contributed by atoms with van der Waals surface area (Å²) in [4.78, 5) is 2.46. The van der Waals surface area contributed by atoms with Gasteiger partial charge in [-0.1, -0.05) is 0 Å². The molecule has 1 saturated heterocycles. The van der Waals surface area contributed by atoms with Crippen LogP contribution in [0.15, 0.2) is 12.3 Å². The minimum absolute atomic E-state index is 0. The Morgan fingerprint density at radius 2 is 2.53 bits per heavy atom. The van der Waals surface area contributed by atoms with Crippen LogP contribution in [0.3, 0.4) is 0 Å². The minimum atomic E-state index is 0. The first-order valence-electron chi connectivity index (χ1n) is 5.87. The van der Waals surface area contributed by atoms with E-state index in [0.29, 0.717) is 6.04 Å². The molecule has 1 aliphatic heterocycles. The van der Waals surface area contributed by atoms with Gasteiger partial charge in [0.25, 0.3) is 0 Å². The molecule has 1 unspecified atom stereocenters. The van der Waals surface area contributed by atoms with Crippen molar-refractivity contribution in [1.29, 1.82) is 0 Å². The van der Waals surface area contributed by atoms with E-state index in [9.17, 15) is 0 Å². The van der Waals surface area contributed by atoms with Gasteiger partial charge < -0.3 is 10.1 Å². The zero-order valence-electron chi connectivity index (χ0n) is 10.2. The van der Waals surface area contributed by atoms with Gasteiger partial charge in [0.05, 0.1) is 13.2 Å². The van der Waals surface area contributed by atoms with E-state index >= 15 is 0 Å². The fourth-order valence-electron chi connectivity index (χ4n) is 1.92. The Morgan fingerprint density at radius 3 is 3.24 bits per heavy atom. The molecule has 1 atom stereocenters. The molecule has 0 aliphatic carbocycles. The quantitative estimate of drug-likeness (QED) is 0.763. The van der Waals surface area contributed by atoms with Crippen molar-refractivity contribution >= 4 is 12.4 Å². The van der Waals surface area contributed by atoms with Gasteiger partial charge in [-0.3, -0.25) is 10.00 Å². The molecule has 0 aromatic carbocycles. The first kappa shape index (κ1) is 14.4. The second-order valence-corrected chi connectivity index (χ2v) is 4.22. The standard InChI is InChI=1S/C11H20N4O.ClH/c1-10-9-16-7-6-15(10)5-4-12-8-11-2-3-13-14-11;/h2-3,10,12H,4-9H2,1H3,(H,13,14);1H. The van der Waals surface area contributed by atoms with Crippen LogP contribution in [-0.2, 0) is 11.3 Å². The lowest BCUT2D eigenvalue weighted by atomic mass is 10.2. The number of rotatable bonds is 5. The molecule has 2 heterocycles. The number of aromatic amines is 1. The topological polar surface area (TPSA) is 53.2 Å². The average Bonchev–Trinajstić information content (AvgIpc) is 2.79. The van der Waals surface area contributed by atoms with Gasteiger partial charge in [-0.05, 0) is 13.0 Å². The van der Waals surface area contributed by atoms with Crippen molar-refractivity contribution < 1.29 is 4.74 Å². The zero-order chi connectivity index (χ0) is 11.2. The fraction of sp³-hybridized carbons (Fsp3) is 0.727. The van der Waals surface area contributed by atoms with Crippen molar-refractivity contribution in [2.45, 2.75) is 19.5 Å². The third kappa shape index (κ3) is 4.63. The second kappa shape index (κ2) is 7.66. The van der Waals surface area contributed by atoms with Crippen LogP contribution in [0.2, 0.25) is 0 Å². The zero-order valence-corrected chi connectivity index (χ0v) is 11.0. The van der Waals surface area contributed by atoms with E-state index in [0.717, 1.165) is 45.1 Å². The molecule has 1 aliphatic rings. The largest absolute Gasteiger partial charge is 0.379 e. The van der Waals surface area contributed by atoms with Crippen molar-refractivity contribution in [2.75, 3.05) is 32.8 Å². The molecule has 5 nitrogen and oxygen atoms in total. The number of ether oxygens (including phenoxy) is 1. The van der Waals surface area contributed by atoms with Crippen LogP contribution < -0.4 is 5.32 Å². The van der Waals surface area contributed by atoms with Crippen LogP contribution in [0.5, 0.6) is 0 Å². The molecule has 0 bridgehead atoms. The molecule has 0 spiro atoms. The molecule has 0 saturated carbocycles. The summed E-state index contributed by atoms with van der Waals surface area (Å²) >= 11 is 0. The number of aromatic nitrogens is 2. The number of hydrogen-bond acceptors (Lipinski definition) is 4. The Balaban J connectivity index is 0.00000144. The lowest BCUT2D eigenvalue weighted by Crippen LogP contribution is -2.46. The van der Waals surface area contributed by atoms with Crippen LogP contribution in [0.4, 0.5) is 0 Å². The van der Waals surface area contributed by atoms with Crippen molar-refractivity contribution in [1.82, 2.24) is 20.4 Å². The van der Waals surface area contributed by atoms with E-state index in [4.69, 9.17) is 4.74 Å². The summed E-state index contributed by atoms with van der Waals surface area (Å²) in [6, 6.07) is 2.53. The normalized spacial score (nSPS) is 21.1. The number of hydrogen-bond donors (Lipinski definition) is 2. The highest BCUT2D eigenvalue weighted by Gasteiger charge is 2.17. The first-order valence-corrected chi connectivity index (χ1v) is 5.87. The number of morpholine rings is 1. The Bertz CT molecular complexity index is 294. The SMILES string of the molecule is CC1COCCN1CCNCc1ccn[nH]1.Cl. The highest BCUT2D eigenvalue weighted by atomic mass is 35.5. The number of nitrogens with zero attached hydrogens (tertiary/aromatic N) is 2. The van der Waals surface area contributed by atoms with Gasteiger partial charge in [0.15, 0.2) is 0 Å². The van der Waals surface area contributed by atoms with Gasteiger partial charge in [-0.15, -0.1) is 12.4 Å². The molecule has 6 heteroatoms. The van der Waals surface area contributed by atoms with E-state index in [1.54, 1.807) is 6.20 Å². The smallest absolute Gasteiger partial charge is 0.0619 e. The highest BCUT2D eigenvalue weighted by molar-refractivity contribution is 5.85. The van der Waals surface area contributed by atoms with Gasteiger partial charge in [0.2, 0.25) is 0 Å². The van der Waals surface area contributed by atoms with Crippen molar-refractivity contribution in [2.24, 2.45) is 0 Å². The van der Waals surface area contributed by atoms with Gasteiger partial charge in [0.1, 0.15) is 0 Å². The molecular weight excluding hydrogens is 240 g/mol. The summed E-state index contributed by atoms with van der Waals surface area (Å²) in [6.45, 7) is 7.94. The van der Waals surface area contributed by atoms with Gasteiger partial charge in [0, 0.05) is 44.1 Å². The number of nitrogens with one attached hydrogen (secondary N) is 2. The van der Waals surface area contributed by atoms with Crippen LogP contribution >= 0.6 is 12.4 Å². The lowest BCUT2D eigenvalue weighted by Gasteiger charge is -2.33. The molecule has 2 N–H and O–H groups in total. The van der Waals surface area contributed by atoms with E-state index in [1.807, 2.05) is 6.07 Å². The second-order valence-electron chi connectivity index (χ2n) is 4.22. The van der Waals surface area contributed by atoms with Crippen molar-refractivity contribution in [3.8, 4) is 0 Å². The third-order valence-corrected chi connectivity index (χ3v) is 2.95. The third-order valence-electron chi connectivity index (χ3n) is 2.95. The van der Waals surface area contributed by atoms with E-state index in [-0.39, 0.29) is 12.4 Å². The molecule has 1 aromatic heterocycles. The van der Waals surface area contributed by atoms with E-state index < -0.39 is 0 Å². The predicted octanol–water partition coefficient (Wildman–Crippen LogP) is 0.642. The van der Waals surface area contributed by atoms with E-state index in [1.165, 1.54) is 0 Å². The summed E-state index contributed by atoms with van der Waals surface area (Å²) < 4.78 is 5.40. The first-order chi connectivity index (χ1) is 7.86. The summed E-state index contributed by atoms with van der Waals surface area (Å²) in [7, 11) is 0.